The van der Waals surface area contributed by atoms with Gasteiger partial charge in [-0.15, -0.1) is 0 Å². The van der Waals surface area contributed by atoms with Gasteiger partial charge in [-0.25, -0.2) is 9.78 Å². The van der Waals surface area contributed by atoms with Gasteiger partial charge in [-0.05, 0) is 63.1 Å². The summed E-state index contributed by atoms with van der Waals surface area (Å²) in [4.78, 5) is 33.0. The molecule has 0 aliphatic carbocycles. The average molecular weight is 460 g/mol. The third kappa shape index (κ3) is 4.27. The standard InChI is InChI=1S/C23H23Cl2N3O3/c1-22(2,3)31-21(30)27-10-7-23(8-11-27)14-28(18-5-4-16(24)13-17(18)23)20(29)15-6-9-26-19(25)12-15/h4-7,9-10,12-13H,8,11,14H2,1-3H3. The molecular formula is C23H23Cl2N3O3. The Hall–Kier alpha value is -2.57. The Labute approximate surface area is 191 Å². The molecule has 0 saturated heterocycles. The van der Waals surface area contributed by atoms with E-state index in [2.05, 4.69) is 4.98 Å². The Morgan fingerprint density at radius 3 is 2.58 bits per heavy atom. The number of nitrogens with zero attached hydrogens (tertiary/aromatic N) is 3. The van der Waals surface area contributed by atoms with Crippen molar-refractivity contribution >= 4 is 40.9 Å². The monoisotopic (exact) mass is 459 g/mol. The van der Waals surface area contributed by atoms with E-state index in [9.17, 15) is 9.59 Å². The van der Waals surface area contributed by atoms with Crippen LogP contribution >= 0.6 is 23.2 Å². The molecule has 0 bridgehead atoms. The molecule has 1 aromatic heterocycles. The quantitative estimate of drug-likeness (QED) is 0.532. The first-order valence-corrected chi connectivity index (χ1v) is 10.8. The first-order chi connectivity index (χ1) is 14.6. The topological polar surface area (TPSA) is 62.7 Å². The van der Waals surface area contributed by atoms with Crippen molar-refractivity contribution in [3.05, 3.63) is 70.1 Å². The molecule has 0 saturated carbocycles. The smallest absolute Gasteiger partial charge is 0.414 e. The molecule has 1 aromatic carbocycles. The van der Waals surface area contributed by atoms with E-state index in [1.807, 2.05) is 39.0 Å². The van der Waals surface area contributed by atoms with Crippen molar-refractivity contribution < 1.29 is 14.3 Å². The molecule has 1 spiro atoms. The predicted octanol–water partition coefficient (Wildman–Crippen LogP) is 5.44. The summed E-state index contributed by atoms with van der Waals surface area (Å²) in [5.41, 5.74) is 1.23. The van der Waals surface area contributed by atoms with Crippen LogP contribution in [0.15, 0.2) is 48.8 Å². The minimum absolute atomic E-state index is 0.160. The molecule has 1 atom stereocenters. The van der Waals surface area contributed by atoms with Crippen LogP contribution in [0, 0.1) is 0 Å². The van der Waals surface area contributed by atoms with Crippen molar-refractivity contribution in [1.29, 1.82) is 0 Å². The van der Waals surface area contributed by atoms with Crippen LogP contribution in [-0.2, 0) is 10.2 Å². The highest BCUT2D eigenvalue weighted by atomic mass is 35.5. The molecule has 0 N–H and O–H groups in total. The number of aromatic nitrogens is 1. The number of rotatable bonds is 1. The number of amides is 2. The van der Waals surface area contributed by atoms with Crippen LogP contribution in [0.1, 0.15) is 43.1 Å². The largest absolute Gasteiger partial charge is 0.443 e. The van der Waals surface area contributed by atoms with E-state index in [-0.39, 0.29) is 17.2 Å². The van der Waals surface area contributed by atoms with E-state index in [0.717, 1.165) is 11.3 Å². The summed E-state index contributed by atoms with van der Waals surface area (Å²) in [6, 6.07) is 8.75. The summed E-state index contributed by atoms with van der Waals surface area (Å²) >= 11 is 12.3. The Morgan fingerprint density at radius 2 is 1.94 bits per heavy atom. The number of benzene rings is 1. The van der Waals surface area contributed by atoms with Crippen LogP contribution in [-0.4, -0.2) is 40.6 Å². The van der Waals surface area contributed by atoms with Crippen molar-refractivity contribution in [2.75, 3.05) is 18.0 Å². The maximum absolute atomic E-state index is 13.3. The van der Waals surface area contributed by atoms with Gasteiger partial charge in [-0.2, -0.15) is 0 Å². The van der Waals surface area contributed by atoms with Crippen molar-refractivity contribution in [1.82, 2.24) is 9.88 Å². The Bertz CT molecular complexity index is 1080. The molecule has 2 amide bonds. The number of ether oxygens (including phenoxy) is 1. The summed E-state index contributed by atoms with van der Waals surface area (Å²) in [6.07, 6.45) is 5.49. The fourth-order valence-corrected chi connectivity index (χ4v) is 4.35. The molecule has 0 fully saturated rings. The van der Waals surface area contributed by atoms with Gasteiger partial charge in [0.2, 0.25) is 0 Å². The summed E-state index contributed by atoms with van der Waals surface area (Å²) in [6.45, 7) is 6.43. The molecule has 4 rings (SSSR count). The predicted molar refractivity (Wildman–Crippen MR) is 121 cm³/mol. The molecule has 2 aromatic rings. The number of carbonyl (C=O) groups is 2. The first kappa shape index (κ1) is 21.7. The normalized spacial score (nSPS) is 20.2. The number of anilines is 1. The number of pyridine rings is 1. The van der Waals surface area contributed by atoms with Crippen molar-refractivity contribution in [2.24, 2.45) is 0 Å². The van der Waals surface area contributed by atoms with Gasteiger partial charge < -0.3 is 9.64 Å². The number of hydrogen-bond donors (Lipinski definition) is 0. The average Bonchev–Trinajstić information content (AvgIpc) is 3.00. The fourth-order valence-electron chi connectivity index (χ4n) is 4.01. The SMILES string of the molecule is CC(C)(C)OC(=O)N1C=CC2(CC1)CN(C(=O)c1ccnc(Cl)c1)c1ccc(Cl)cc12. The highest BCUT2D eigenvalue weighted by molar-refractivity contribution is 6.31. The lowest BCUT2D eigenvalue weighted by Gasteiger charge is -2.35. The lowest BCUT2D eigenvalue weighted by atomic mass is 9.78. The zero-order valence-electron chi connectivity index (χ0n) is 17.6. The zero-order valence-corrected chi connectivity index (χ0v) is 19.1. The molecule has 6 nitrogen and oxygen atoms in total. The van der Waals surface area contributed by atoms with Gasteiger partial charge in [-0.3, -0.25) is 9.69 Å². The molecule has 8 heteroatoms. The van der Waals surface area contributed by atoms with Crippen LogP contribution in [0.25, 0.3) is 0 Å². The van der Waals surface area contributed by atoms with Gasteiger partial charge in [-0.1, -0.05) is 29.3 Å². The van der Waals surface area contributed by atoms with Crippen molar-refractivity contribution in [2.45, 2.75) is 38.2 Å². The van der Waals surface area contributed by atoms with Crippen LogP contribution in [0.2, 0.25) is 10.2 Å². The maximum Gasteiger partial charge on any atom is 0.414 e. The Kier molecular flexibility index (Phi) is 5.48. The van der Waals surface area contributed by atoms with Gasteiger partial charge in [0.25, 0.3) is 5.91 Å². The molecular weight excluding hydrogens is 437 g/mol. The highest BCUT2D eigenvalue weighted by Crippen LogP contribution is 2.47. The lowest BCUT2D eigenvalue weighted by Crippen LogP contribution is -2.43. The van der Waals surface area contributed by atoms with Crippen LogP contribution in [0.5, 0.6) is 0 Å². The lowest BCUT2D eigenvalue weighted by molar-refractivity contribution is 0.0316. The highest BCUT2D eigenvalue weighted by Gasteiger charge is 2.45. The van der Waals surface area contributed by atoms with E-state index in [1.165, 1.54) is 6.20 Å². The second-order valence-corrected chi connectivity index (χ2v) is 9.64. The Balaban J connectivity index is 1.66. The van der Waals surface area contributed by atoms with E-state index < -0.39 is 11.0 Å². The van der Waals surface area contributed by atoms with E-state index in [0.29, 0.717) is 30.1 Å². The molecule has 162 valence electrons. The van der Waals surface area contributed by atoms with E-state index in [1.54, 1.807) is 34.2 Å². The summed E-state index contributed by atoms with van der Waals surface area (Å²) in [5.74, 6) is -0.160. The second-order valence-electron chi connectivity index (χ2n) is 8.82. The van der Waals surface area contributed by atoms with Gasteiger partial charge in [0, 0.05) is 47.2 Å². The van der Waals surface area contributed by atoms with Crippen molar-refractivity contribution in [3.8, 4) is 0 Å². The zero-order chi connectivity index (χ0) is 22.4. The molecule has 1 unspecified atom stereocenters. The number of hydrogen-bond acceptors (Lipinski definition) is 4. The summed E-state index contributed by atoms with van der Waals surface area (Å²) in [5, 5.41) is 0.865. The minimum Gasteiger partial charge on any atom is -0.443 e. The van der Waals surface area contributed by atoms with Gasteiger partial charge >= 0.3 is 6.09 Å². The van der Waals surface area contributed by atoms with Crippen LogP contribution < -0.4 is 4.90 Å². The van der Waals surface area contributed by atoms with Gasteiger partial charge in [0.05, 0.1) is 0 Å². The molecule has 2 aliphatic heterocycles. The maximum atomic E-state index is 13.3. The Morgan fingerprint density at radius 1 is 1.16 bits per heavy atom. The van der Waals surface area contributed by atoms with E-state index in [4.69, 9.17) is 27.9 Å². The van der Waals surface area contributed by atoms with Crippen LogP contribution in [0.3, 0.4) is 0 Å². The fraction of sp³-hybridized carbons (Fsp3) is 0.348. The molecule has 0 radical (unpaired) electrons. The van der Waals surface area contributed by atoms with Crippen molar-refractivity contribution in [3.63, 3.8) is 0 Å². The summed E-state index contributed by atoms with van der Waals surface area (Å²) < 4.78 is 5.48. The molecule has 3 heterocycles. The van der Waals surface area contributed by atoms with Crippen LogP contribution in [0.4, 0.5) is 10.5 Å². The molecule has 2 aliphatic rings. The third-order valence-corrected chi connectivity index (χ3v) is 5.89. The first-order valence-electron chi connectivity index (χ1n) is 10.0. The number of halogens is 2. The second kappa shape index (κ2) is 7.84. The van der Waals surface area contributed by atoms with E-state index >= 15 is 0 Å². The minimum atomic E-state index is -0.567. The number of fused-ring (bicyclic) bond motifs is 2. The summed E-state index contributed by atoms with van der Waals surface area (Å²) in [7, 11) is 0. The third-order valence-electron chi connectivity index (χ3n) is 5.45. The van der Waals surface area contributed by atoms with Gasteiger partial charge in [0.1, 0.15) is 10.8 Å². The number of carbonyl (C=O) groups excluding carboxylic acids is 2. The van der Waals surface area contributed by atoms with Gasteiger partial charge in [0.15, 0.2) is 0 Å². The molecule has 31 heavy (non-hydrogen) atoms.